The Bertz CT molecular complexity index is 884. The molecule has 1 amide bonds. The second-order valence-corrected chi connectivity index (χ2v) is 5.80. The van der Waals surface area contributed by atoms with Gasteiger partial charge in [-0.3, -0.25) is 4.79 Å². The van der Waals surface area contributed by atoms with Crippen molar-refractivity contribution in [2.45, 2.75) is 26.3 Å². The maximum atomic E-state index is 13.0. The molecule has 0 atom stereocenters. The van der Waals surface area contributed by atoms with E-state index in [1.807, 2.05) is 52.9 Å². The zero-order valence-electron chi connectivity index (χ0n) is 13.1. The van der Waals surface area contributed by atoms with Gasteiger partial charge in [-0.05, 0) is 49.6 Å². The molecule has 4 rings (SSSR count). The summed E-state index contributed by atoms with van der Waals surface area (Å²) < 4.78 is 1.83. The number of fused-ring (bicyclic) bond motifs is 2. The molecule has 0 saturated carbocycles. The Morgan fingerprint density at radius 2 is 2.09 bits per heavy atom. The van der Waals surface area contributed by atoms with Crippen molar-refractivity contribution in [1.29, 1.82) is 0 Å². The van der Waals surface area contributed by atoms with Crippen LogP contribution in [0.25, 0.3) is 11.0 Å². The molecule has 2 heterocycles. The first-order valence-electron chi connectivity index (χ1n) is 8.01. The van der Waals surface area contributed by atoms with Crippen LogP contribution in [-0.2, 0) is 13.0 Å². The second-order valence-electron chi connectivity index (χ2n) is 5.80. The number of aromatic nitrogens is 3. The van der Waals surface area contributed by atoms with E-state index in [0.717, 1.165) is 42.7 Å². The van der Waals surface area contributed by atoms with Gasteiger partial charge in [-0.15, -0.1) is 5.10 Å². The minimum Gasteiger partial charge on any atom is -0.308 e. The van der Waals surface area contributed by atoms with E-state index in [1.165, 1.54) is 5.56 Å². The van der Waals surface area contributed by atoms with Crippen molar-refractivity contribution in [3.8, 4) is 0 Å². The first kappa shape index (κ1) is 13.9. The average Bonchev–Trinajstić information content (AvgIpc) is 3.03. The smallest absolute Gasteiger partial charge is 0.258 e. The SMILES string of the molecule is CCn1nnc2cc(C(=O)N3CCCc4ccccc43)ccc21. The highest BCUT2D eigenvalue weighted by molar-refractivity contribution is 6.08. The Kier molecular flexibility index (Phi) is 3.33. The summed E-state index contributed by atoms with van der Waals surface area (Å²) in [6.07, 6.45) is 2.03. The minimum absolute atomic E-state index is 0.0325. The largest absolute Gasteiger partial charge is 0.308 e. The van der Waals surface area contributed by atoms with Gasteiger partial charge in [-0.1, -0.05) is 23.4 Å². The molecule has 0 spiro atoms. The van der Waals surface area contributed by atoms with E-state index in [-0.39, 0.29) is 5.91 Å². The van der Waals surface area contributed by atoms with E-state index in [2.05, 4.69) is 16.4 Å². The Hall–Kier alpha value is -2.69. The van der Waals surface area contributed by atoms with E-state index < -0.39 is 0 Å². The van der Waals surface area contributed by atoms with E-state index >= 15 is 0 Å². The number of benzene rings is 2. The van der Waals surface area contributed by atoms with Crippen molar-refractivity contribution in [3.63, 3.8) is 0 Å². The molecule has 23 heavy (non-hydrogen) atoms. The van der Waals surface area contributed by atoms with Gasteiger partial charge in [0.2, 0.25) is 0 Å². The molecule has 3 aromatic rings. The number of hydrogen-bond acceptors (Lipinski definition) is 3. The van der Waals surface area contributed by atoms with Gasteiger partial charge in [0.25, 0.3) is 5.91 Å². The van der Waals surface area contributed by atoms with Gasteiger partial charge in [0.1, 0.15) is 5.52 Å². The number of carbonyl (C=O) groups excluding carboxylic acids is 1. The van der Waals surface area contributed by atoms with Gasteiger partial charge in [0, 0.05) is 24.3 Å². The maximum absolute atomic E-state index is 13.0. The topological polar surface area (TPSA) is 51.0 Å². The molecule has 5 heteroatoms. The molecule has 0 N–H and O–H groups in total. The van der Waals surface area contributed by atoms with Gasteiger partial charge in [0.15, 0.2) is 0 Å². The van der Waals surface area contributed by atoms with E-state index in [4.69, 9.17) is 0 Å². The van der Waals surface area contributed by atoms with Crippen molar-refractivity contribution < 1.29 is 4.79 Å². The summed E-state index contributed by atoms with van der Waals surface area (Å²) in [5, 5.41) is 8.27. The molecule has 1 aliphatic rings. The summed E-state index contributed by atoms with van der Waals surface area (Å²) in [6, 6.07) is 13.8. The van der Waals surface area contributed by atoms with Gasteiger partial charge < -0.3 is 4.90 Å². The van der Waals surface area contributed by atoms with E-state index in [9.17, 15) is 4.79 Å². The predicted octanol–water partition coefficient (Wildman–Crippen LogP) is 3.04. The Morgan fingerprint density at radius 3 is 2.96 bits per heavy atom. The van der Waals surface area contributed by atoms with Gasteiger partial charge in [0.05, 0.1) is 5.52 Å². The zero-order valence-corrected chi connectivity index (χ0v) is 13.1. The molecule has 0 fully saturated rings. The lowest BCUT2D eigenvalue weighted by molar-refractivity contribution is 0.0985. The van der Waals surface area contributed by atoms with Gasteiger partial charge >= 0.3 is 0 Å². The average molecular weight is 306 g/mol. The second kappa shape index (κ2) is 5.50. The standard InChI is InChI=1S/C18H18N4O/c1-2-22-17-10-9-14(12-15(17)19-20-22)18(23)21-11-5-7-13-6-3-4-8-16(13)21/h3-4,6,8-10,12H,2,5,7,11H2,1H3. The van der Waals surface area contributed by atoms with E-state index in [1.54, 1.807) is 0 Å². The minimum atomic E-state index is 0.0325. The van der Waals surface area contributed by atoms with Crippen molar-refractivity contribution in [3.05, 3.63) is 53.6 Å². The number of aryl methyl sites for hydroxylation is 2. The first-order chi connectivity index (χ1) is 11.3. The van der Waals surface area contributed by atoms with Gasteiger partial charge in [-0.25, -0.2) is 4.68 Å². The van der Waals surface area contributed by atoms with Crippen LogP contribution < -0.4 is 4.90 Å². The highest BCUT2D eigenvalue weighted by Crippen LogP contribution is 2.28. The predicted molar refractivity (Wildman–Crippen MR) is 89.6 cm³/mol. The van der Waals surface area contributed by atoms with Crippen LogP contribution in [0.3, 0.4) is 0 Å². The highest BCUT2D eigenvalue weighted by atomic mass is 16.2. The number of hydrogen-bond donors (Lipinski definition) is 0. The number of carbonyl (C=O) groups is 1. The monoisotopic (exact) mass is 306 g/mol. The summed E-state index contributed by atoms with van der Waals surface area (Å²) >= 11 is 0. The molecule has 2 aromatic carbocycles. The molecule has 0 saturated heterocycles. The van der Waals surface area contributed by atoms with Crippen LogP contribution in [0.2, 0.25) is 0 Å². The molecule has 5 nitrogen and oxygen atoms in total. The van der Waals surface area contributed by atoms with Crippen molar-refractivity contribution in [1.82, 2.24) is 15.0 Å². The number of para-hydroxylation sites is 1. The Labute approximate surface area is 134 Å². The Morgan fingerprint density at radius 1 is 1.22 bits per heavy atom. The molecular weight excluding hydrogens is 288 g/mol. The number of amides is 1. The fraction of sp³-hybridized carbons (Fsp3) is 0.278. The molecular formula is C18H18N4O. The Balaban J connectivity index is 1.72. The summed E-state index contributed by atoms with van der Waals surface area (Å²) in [6.45, 7) is 3.55. The van der Waals surface area contributed by atoms with Crippen LogP contribution in [0.4, 0.5) is 5.69 Å². The lowest BCUT2D eigenvalue weighted by atomic mass is 10.0. The fourth-order valence-corrected chi connectivity index (χ4v) is 3.24. The molecule has 0 aliphatic carbocycles. The molecule has 0 unspecified atom stereocenters. The number of nitrogens with zero attached hydrogens (tertiary/aromatic N) is 4. The normalized spacial score (nSPS) is 14.0. The van der Waals surface area contributed by atoms with Crippen LogP contribution in [0.1, 0.15) is 29.3 Å². The van der Waals surface area contributed by atoms with Crippen LogP contribution in [0.15, 0.2) is 42.5 Å². The molecule has 0 radical (unpaired) electrons. The third kappa shape index (κ3) is 2.29. The van der Waals surface area contributed by atoms with Crippen LogP contribution >= 0.6 is 0 Å². The van der Waals surface area contributed by atoms with Crippen molar-refractivity contribution in [2.75, 3.05) is 11.4 Å². The summed E-state index contributed by atoms with van der Waals surface area (Å²) in [7, 11) is 0. The summed E-state index contributed by atoms with van der Waals surface area (Å²) in [4.78, 5) is 14.8. The first-order valence-corrected chi connectivity index (χ1v) is 8.01. The van der Waals surface area contributed by atoms with Crippen molar-refractivity contribution in [2.24, 2.45) is 0 Å². The van der Waals surface area contributed by atoms with Crippen LogP contribution in [0, 0.1) is 0 Å². The third-order valence-electron chi connectivity index (χ3n) is 4.42. The van der Waals surface area contributed by atoms with Crippen LogP contribution in [0.5, 0.6) is 0 Å². The number of anilines is 1. The maximum Gasteiger partial charge on any atom is 0.258 e. The highest BCUT2D eigenvalue weighted by Gasteiger charge is 2.23. The zero-order chi connectivity index (χ0) is 15.8. The molecule has 0 bridgehead atoms. The van der Waals surface area contributed by atoms with Crippen molar-refractivity contribution >= 4 is 22.6 Å². The fourth-order valence-electron chi connectivity index (χ4n) is 3.24. The lowest BCUT2D eigenvalue weighted by Crippen LogP contribution is -2.35. The molecule has 1 aromatic heterocycles. The molecule has 1 aliphatic heterocycles. The quantitative estimate of drug-likeness (QED) is 0.731. The molecule has 116 valence electrons. The van der Waals surface area contributed by atoms with Gasteiger partial charge in [-0.2, -0.15) is 0 Å². The summed E-state index contributed by atoms with van der Waals surface area (Å²) in [5.74, 6) is 0.0325. The van der Waals surface area contributed by atoms with E-state index in [0.29, 0.717) is 5.56 Å². The lowest BCUT2D eigenvalue weighted by Gasteiger charge is -2.29. The third-order valence-corrected chi connectivity index (χ3v) is 4.42. The summed E-state index contributed by atoms with van der Waals surface area (Å²) in [5.41, 5.74) is 4.66. The van der Waals surface area contributed by atoms with Crippen LogP contribution in [-0.4, -0.2) is 27.4 Å². The number of rotatable bonds is 2.